The third-order valence-electron chi connectivity index (χ3n) is 3.02. The van der Waals surface area contributed by atoms with Crippen LogP contribution in [0.4, 0.5) is 4.39 Å². The van der Waals surface area contributed by atoms with Gasteiger partial charge >= 0.3 is 0 Å². The third-order valence-corrected chi connectivity index (χ3v) is 4.34. The maximum Gasteiger partial charge on any atom is 0.175 e. The highest BCUT2D eigenvalue weighted by molar-refractivity contribution is 7.85. The molecule has 0 heterocycles. The molecule has 1 unspecified atom stereocenters. The number of benzene rings is 2. The number of carbonyl (C=O) groups excluding carboxylic acids is 1. The molecule has 3 nitrogen and oxygen atoms in total. The summed E-state index contributed by atoms with van der Waals surface area (Å²) in [6.07, 6.45) is 0. The quantitative estimate of drug-likeness (QED) is 0.797. The number of rotatable bonds is 5. The molecule has 2 aromatic rings. The van der Waals surface area contributed by atoms with Gasteiger partial charge in [-0.2, -0.15) is 0 Å². The zero-order chi connectivity index (χ0) is 15.4. The van der Waals surface area contributed by atoms with Gasteiger partial charge < -0.3 is 4.74 Å². The minimum absolute atomic E-state index is 0.0752. The van der Waals surface area contributed by atoms with E-state index in [-0.39, 0.29) is 22.8 Å². The zero-order valence-electron chi connectivity index (χ0n) is 11.8. The largest absolute Gasteiger partial charge is 0.494 e. The molecule has 0 saturated heterocycles. The number of methoxy groups -OCH3 is 1. The maximum atomic E-state index is 13.6. The van der Waals surface area contributed by atoms with Crippen molar-refractivity contribution in [3.05, 3.63) is 59.4 Å². The molecule has 0 N–H and O–H groups in total. The lowest BCUT2D eigenvalue weighted by molar-refractivity contribution is 0.102. The molecule has 5 heteroatoms. The second-order valence-electron chi connectivity index (χ2n) is 4.58. The number of hydrogen-bond acceptors (Lipinski definition) is 3. The van der Waals surface area contributed by atoms with E-state index in [4.69, 9.17) is 4.74 Å². The molecular weight excluding hydrogens is 291 g/mol. The van der Waals surface area contributed by atoms with Crippen LogP contribution in [0.2, 0.25) is 0 Å². The zero-order valence-corrected chi connectivity index (χ0v) is 12.6. The highest BCUT2D eigenvalue weighted by Crippen LogP contribution is 2.18. The fraction of sp³-hybridized carbons (Fsp3) is 0.188. The van der Waals surface area contributed by atoms with Gasteiger partial charge in [0, 0.05) is 10.5 Å². The Kier molecular flexibility index (Phi) is 4.85. The van der Waals surface area contributed by atoms with Crippen molar-refractivity contribution < 1.29 is 18.1 Å². The lowest BCUT2D eigenvalue weighted by atomic mass is 10.1. The van der Waals surface area contributed by atoms with Gasteiger partial charge in [0.05, 0.1) is 23.7 Å². The van der Waals surface area contributed by atoms with Crippen LogP contribution in [0.5, 0.6) is 5.75 Å². The van der Waals surface area contributed by atoms with Crippen LogP contribution in [0.3, 0.4) is 0 Å². The lowest BCUT2D eigenvalue weighted by Gasteiger charge is -2.05. The standard InChI is InChI=1S/C16H15FO3S/c1-11-3-6-13(7-4-11)21(19)10-15(18)12-5-8-16(20-2)14(17)9-12/h3-9H,10H2,1-2H3. The summed E-state index contributed by atoms with van der Waals surface area (Å²) >= 11 is 0. The number of aryl methyl sites for hydroxylation is 1. The SMILES string of the molecule is COc1ccc(C(=O)CS(=O)c2ccc(C)cc2)cc1F. The predicted octanol–water partition coefficient (Wildman–Crippen LogP) is 3.13. The molecule has 0 bridgehead atoms. The van der Waals surface area contributed by atoms with Crippen molar-refractivity contribution in [2.24, 2.45) is 0 Å². The summed E-state index contributed by atoms with van der Waals surface area (Å²) in [5, 5.41) is 0. The van der Waals surface area contributed by atoms with Crippen molar-refractivity contribution in [2.75, 3.05) is 12.9 Å². The molecule has 0 spiro atoms. The molecule has 110 valence electrons. The Morgan fingerprint density at radius 2 is 1.86 bits per heavy atom. The van der Waals surface area contributed by atoms with E-state index in [0.717, 1.165) is 11.6 Å². The summed E-state index contributed by atoms with van der Waals surface area (Å²) in [4.78, 5) is 12.6. The fourth-order valence-electron chi connectivity index (χ4n) is 1.82. The first kappa shape index (κ1) is 15.4. The fourth-order valence-corrected chi connectivity index (χ4v) is 2.83. The van der Waals surface area contributed by atoms with E-state index in [1.807, 2.05) is 19.1 Å². The van der Waals surface area contributed by atoms with Gasteiger partial charge in [-0.25, -0.2) is 4.39 Å². The second kappa shape index (κ2) is 6.63. The molecule has 2 aromatic carbocycles. The van der Waals surface area contributed by atoms with E-state index in [1.165, 1.54) is 19.2 Å². The summed E-state index contributed by atoms with van der Waals surface area (Å²) in [6.45, 7) is 1.93. The average Bonchev–Trinajstić information content (AvgIpc) is 2.47. The van der Waals surface area contributed by atoms with Crippen LogP contribution in [-0.4, -0.2) is 22.9 Å². The van der Waals surface area contributed by atoms with Crippen LogP contribution in [0.1, 0.15) is 15.9 Å². The van der Waals surface area contributed by atoms with Crippen LogP contribution in [0, 0.1) is 12.7 Å². The number of hydrogen-bond donors (Lipinski definition) is 0. The van der Waals surface area contributed by atoms with Crippen molar-refractivity contribution in [3.63, 3.8) is 0 Å². The first-order chi connectivity index (χ1) is 10.0. The van der Waals surface area contributed by atoms with Gasteiger partial charge in [-0.3, -0.25) is 9.00 Å². The molecule has 1 atom stereocenters. The summed E-state index contributed by atoms with van der Waals surface area (Å²) < 4.78 is 30.5. The Hall–Kier alpha value is -2.01. The molecule has 0 radical (unpaired) electrons. The molecule has 0 saturated carbocycles. The second-order valence-corrected chi connectivity index (χ2v) is 6.03. The van der Waals surface area contributed by atoms with Crippen LogP contribution >= 0.6 is 0 Å². The molecular formula is C16H15FO3S. The number of halogens is 1. The third kappa shape index (κ3) is 3.76. The van der Waals surface area contributed by atoms with Gasteiger partial charge in [-0.1, -0.05) is 17.7 Å². The van der Waals surface area contributed by atoms with Gasteiger partial charge in [0.15, 0.2) is 17.3 Å². The number of carbonyl (C=O) groups is 1. The minimum Gasteiger partial charge on any atom is -0.494 e. The minimum atomic E-state index is -1.44. The molecule has 2 rings (SSSR count). The monoisotopic (exact) mass is 306 g/mol. The van der Waals surface area contributed by atoms with Crippen molar-refractivity contribution in [3.8, 4) is 5.75 Å². The van der Waals surface area contributed by atoms with Crippen molar-refractivity contribution in [2.45, 2.75) is 11.8 Å². The predicted molar refractivity (Wildman–Crippen MR) is 79.7 cm³/mol. The van der Waals surface area contributed by atoms with Crippen molar-refractivity contribution in [1.29, 1.82) is 0 Å². The maximum absolute atomic E-state index is 13.6. The summed E-state index contributed by atoms with van der Waals surface area (Å²) in [5.41, 5.74) is 1.24. The van der Waals surface area contributed by atoms with E-state index in [9.17, 15) is 13.4 Å². The summed E-state index contributed by atoms with van der Waals surface area (Å²) in [7, 11) is -0.0857. The number of ketones is 1. The Labute approximate surface area is 125 Å². The van der Waals surface area contributed by atoms with Gasteiger partial charge in [0.2, 0.25) is 0 Å². The van der Waals surface area contributed by atoms with Crippen LogP contribution in [0.25, 0.3) is 0 Å². The highest BCUT2D eigenvalue weighted by atomic mass is 32.2. The average molecular weight is 306 g/mol. The molecule has 0 aliphatic carbocycles. The Morgan fingerprint density at radius 1 is 1.19 bits per heavy atom. The number of Topliss-reactive ketones (excluding diaryl/α,β-unsaturated/α-hetero) is 1. The summed E-state index contributed by atoms with van der Waals surface area (Å²) in [5.74, 6) is -1.07. The Balaban J connectivity index is 2.12. The molecule has 21 heavy (non-hydrogen) atoms. The van der Waals surface area contributed by atoms with E-state index in [2.05, 4.69) is 0 Å². The lowest BCUT2D eigenvalue weighted by Crippen LogP contribution is -2.11. The van der Waals surface area contributed by atoms with E-state index < -0.39 is 16.6 Å². The molecule has 0 aromatic heterocycles. The summed E-state index contributed by atoms with van der Waals surface area (Å²) in [6, 6.07) is 11.1. The van der Waals surface area contributed by atoms with E-state index in [0.29, 0.717) is 4.90 Å². The Morgan fingerprint density at radius 3 is 2.43 bits per heavy atom. The number of ether oxygens (including phenoxy) is 1. The van der Waals surface area contributed by atoms with Gasteiger partial charge in [-0.15, -0.1) is 0 Å². The Bertz CT molecular complexity index is 680. The van der Waals surface area contributed by atoms with E-state index >= 15 is 0 Å². The molecule has 0 aliphatic rings. The van der Waals surface area contributed by atoms with Crippen LogP contribution < -0.4 is 4.74 Å². The molecule has 0 fully saturated rings. The molecule has 0 aliphatic heterocycles. The topological polar surface area (TPSA) is 43.4 Å². The van der Waals surface area contributed by atoms with Gasteiger partial charge in [-0.05, 0) is 37.3 Å². The van der Waals surface area contributed by atoms with Crippen molar-refractivity contribution >= 4 is 16.6 Å². The van der Waals surface area contributed by atoms with Crippen LogP contribution in [-0.2, 0) is 10.8 Å². The van der Waals surface area contributed by atoms with E-state index in [1.54, 1.807) is 12.1 Å². The first-order valence-corrected chi connectivity index (χ1v) is 7.65. The first-order valence-electron chi connectivity index (χ1n) is 6.33. The van der Waals surface area contributed by atoms with Gasteiger partial charge in [0.1, 0.15) is 0 Å². The molecule has 0 amide bonds. The van der Waals surface area contributed by atoms with Crippen LogP contribution in [0.15, 0.2) is 47.4 Å². The van der Waals surface area contributed by atoms with Gasteiger partial charge in [0.25, 0.3) is 0 Å². The van der Waals surface area contributed by atoms with Crippen molar-refractivity contribution in [1.82, 2.24) is 0 Å². The normalized spacial score (nSPS) is 12.0. The highest BCUT2D eigenvalue weighted by Gasteiger charge is 2.14. The smallest absolute Gasteiger partial charge is 0.175 e.